The number of alkyl halides is 2. The number of carbonyl (C=O) groups excluding carboxylic acids is 3. The van der Waals surface area contributed by atoms with Gasteiger partial charge in [-0.05, 0) is 38.2 Å². The van der Waals surface area contributed by atoms with Crippen LogP contribution in [0.4, 0.5) is 8.78 Å². The molecule has 4 aliphatic rings. The van der Waals surface area contributed by atoms with Crippen LogP contribution in [0.5, 0.6) is 0 Å². The molecule has 1 aromatic carbocycles. The standard InChI is InChI=1S/C24H28F2N4O4/c1-23(34,15-5-3-2-4-6-15)22(33)30-17-7-8-18(24(25,26)12-17)19(30)21(32)29-16(13-27)11-14-9-10-28-20(14)31/h2-6,14,16-19,34H,7-12H2,1H3,(H,28,31)(H,29,32)/t14-,16-,17-,18-,19-,23-/m1/s1. The molecule has 1 saturated carbocycles. The highest BCUT2D eigenvalue weighted by atomic mass is 19.3. The quantitative estimate of drug-likeness (QED) is 0.576. The van der Waals surface area contributed by atoms with Gasteiger partial charge in [0.2, 0.25) is 11.8 Å². The van der Waals surface area contributed by atoms with E-state index in [0.29, 0.717) is 19.4 Å². The Kier molecular flexibility index (Phi) is 6.34. The zero-order valence-electron chi connectivity index (χ0n) is 18.8. The van der Waals surface area contributed by atoms with E-state index < -0.39 is 59.7 Å². The van der Waals surface area contributed by atoms with E-state index in [1.165, 1.54) is 6.92 Å². The van der Waals surface area contributed by atoms with Gasteiger partial charge >= 0.3 is 0 Å². The summed E-state index contributed by atoms with van der Waals surface area (Å²) < 4.78 is 29.7. The van der Waals surface area contributed by atoms with E-state index >= 15 is 0 Å². The lowest BCUT2D eigenvalue weighted by Crippen LogP contribution is -2.70. The fraction of sp³-hybridized carbons (Fsp3) is 0.583. The van der Waals surface area contributed by atoms with Crippen LogP contribution in [0.3, 0.4) is 0 Å². The van der Waals surface area contributed by atoms with Gasteiger partial charge in [-0.2, -0.15) is 5.26 Å². The van der Waals surface area contributed by atoms with E-state index in [2.05, 4.69) is 10.6 Å². The molecule has 3 heterocycles. The zero-order valence-corrected chi connectivity index (χ0v) is 18.8. The summed E-state index contributed by atoms with van der Waals surface area (Å²) in [6.07, 6.45) is 0.340. The third-order valence-corrected chi connectivity index (χ3v) is 7.35. The number of carbonyl (C=O) groups is 3. The Balaban J connectivity index is 1.60. The molecule has 0 unspecified atom stereocenters. The number of nitrogens with zero attached hydrogens (tertiary/aromatic N) is 2. The summed E-state index contributed by atoms with van der Waals surface area (Å²) in [4.78, 5) is 39.8. The minimum atomic E-state index is -3.16. The van der Waals surface area contributed by atoms with E-state index in [0.717, 1.165) is 4.90 Å². The molecule has 34 heavy (non-hydrogen) atoms. The SMILES string of the molecule is C[C@](O)(C(=O)N1[C@@H]2CC[C@H]([C@@H]1C(=O)N[C@@H](C#N)C[C@H]1CCNC1=O)C(F)(F)C2)c1ccccc1. The van der Waals surface area contributed by atoms with E-state index in [4.69, 9.17) is 0 Å². The molecule has 0 radical (unpaired) electrons. The maximum atomic E-state index is 14.9. The second kappa shape index (κ2) is 8.95. The van der Waals surface area contributed by atoms with Gasteiger partial charge in [0, 0.05) is 24.9 Å². The largest absolute Gasteiger partial charge is 0.376 e. The normalized spacial score (nSPS) is 30.1. The smallest absolute Gasteiger partial charge is 0.259 e. The maximum Gasteiger partial charge on any atom is 0.259 e. The summed E-state index contributed by atoms with van der Waals surface area (Å²) in [5, 5.41) is 25.8. The number of rotatable bonds is 6. The Morgan fingerprint density at radius 2 is 2.03 bits per heavy atom. The number of nitrogens with one attached hydrogen (secondary N) is 2. The van der Waals surface area contributed by atoms with E-state index in [1.807, 2.05) is 6.07 Å². The number of benzene rings is 1. The number of fused-ring (bicyclic) bond motifs is 3. The van der Waals surface area contributed by atoms with Crippen molar-refractivity contribution in [2.24, 2.45) is 11.8 Å². The molecule has 3 N–H and O–H groups in total. The Morgan fingerprint density at radius 3 is 2.62 bits per heavy atom. The third-order valence-electron chi connectivity index (χ3n) is 7.35. The monoisotopic (exact) mass is 474 g/mol. The summed E-state index contributed by atoms with van der Waals surface area (Å²) in [5.41, 5.74) is -1.74. The van der Waals surface area contributed by atoms with Crippen LogP contribution in [0.2, 0.25) is 0 Å². The molecule has 10 heteroatoms. The number of hydrogen-bond acceptors (Lipinski definition) is 5. The highest BCUT2D eigenvalue weighted by molar-refractivity contribution is 5.93. The van der Waals surface area contributed by atoms with Crippen LogP contribution in [0, 0.1) is 23.2 Å². The van der Waals surface area contributed by atoms with Gasteiger partial charge in [0.15, 0.2) is 5.60 Å². The van der Waals surface area contributed by atoms with Crippen molar-refractivity contribution >= 4 is 17.7 Å². The van der Waals surface area contributed by atoms with Crippen molar-refractivity contribution in [2.75, 3.05) is 6.54 Å². The molecule has 3 aliphatic heterocycles. The number of aliphatic hydroxyl groups is 1. The second-order valence-corrected chi connectivity index (χ2v) is 9.60. The van der Waals surface area contributed by atoms with Crippen LogP contribution in [-0.2, 0) is 20.0 Å². The molecule has 0 aromatic heterocycles. The lowest BCUT2D eigenvalue weighted by atomic mass is 9.70. The number of hydrogen-bond donors (Lipinski definition) is 3. The van der Waals surface area contributed by atoms with Gasteiger partial charge in [-0.25, -0.2) is 8.78 Å². The van der Waals surface area contributed by atoms with Gasteiger partial charge in [0.05, 0.1) is 12.0 Å². The molecule has 1 aromatic rings. The van der Waals surface area contributed by atoms with Crippen LogP contribution in [0.15, 0.2) is 30.3 Å². The summed E-state index contributed by atoms with van der Waals surface area (Å²) in [6, 6.07) is 6.55. The van der Waals surface area contributed by atoms with Crippen LogP contribution < -0.4 is 10.6 Å². The molecule has 5 rings (SSSR count). The topological polar surface area (TPSA) is 123 Å². The Labute approximate surface area is 196 Å². The summed E-state index contributed by atoms with van der Waals surface area (Å²) in [5.74, 6) is -6.95. The molecular formula is C24H28F2N4O4. The molecule has 6 atom stereocenters. The molecule has 2 bridgehead atoms. The Hall–Kier alpha value is -3.06. The van der Waals surface area contributed by atoms with Crippen molar-refractivity contribution in [3.05, 3.63) is 35.9 Å². The lowest BCUT2D eigenvalue weighted by Gasteiger charge is -2.54. The van der Waals surface area contributed by atoms with Gasteiger partial charge in [0.1, 0.15) is 12.1 Å². The predicted octanol–water partition coefficient (Wildman–Crippen LogP) is 1.44. The fourth-order valence-electron chi connectivity index (χ4n) is 5.49. The first-order chi connectivity index (χ1) is 16.1. The van der Waals surface area contributed by atoms with Gasteiger partial charge in [-0.1, -0.05) is 30.3 Å². The zero-order chi connectivity index (χ0) is 24.7. The molecule has 0 spiro atoms. The molecule has 182 valence electrons. The van der Waals surface area contributed by atoms with Gasteiger partial charge in [0.25, 0.3) is 11.8 Å². The third kappa shape index (κ3) is 4.25. The first kappa shape index (κ1) is 24.1. The van der Waals surface area contributed by atoms with Crippen molar-refractivity contribution in [1.82, 2.24) is 15.5 Å². The molecule has 1 aliphatic carbocycles. The highest BCUT2D eigenvalue weighted by Gasteiger charge is 2.62. The van der Waals surface area contributed by atoms with Gasteiger partial charge < -0.3 is 20.6 Å². The molecule has 3 saturated heterocycles. The fourth-order valence-corrected chi connectivity index (χ4v) is 5.49. The number of piperidine rings is 2. The summed E-state index contributed by atoms with van der Waals surface area (Å²) in [7, 11) is 0. The first-order valence-corrected chi connectivity index (χ1v) is 11.5. The molecule has 4 fully saturated rings. The highest BCUT2D eigenvalue weighted by Crippen LogP contribution is 2.50. The Morgan fingerprint density at radius 1 is 1.32 bits per heavy atom. The number of amides is 3. The summed E-state index contributed by atoms with van der Waals surface area (Å²) in [6.45, 7) is 1.77. The van der Waals surface area contributed by atoms with Crippen molar-refractivity contribution in [1.29, 1.82) is 5.26 Å². The van der Waals surface area contributed by atoms with E-state index in [-0.39, 0.29) is 24.3 Å². The van der Waals surface area contributed by atoms with Gasteiger partial charge in [-0.15, -0.1) is 0 Å². The number of halogens is 2. The van der Waals surface area contributed by atoms with E-state index in [9.17, 15) is 33.5 Å². The van der Waals surface area contributed by atoms with Crippen LogP contribution in [-0.4, -0.2) is 58.3 Å². The van der Waals surface area contributed by atoms with E-state index in [1.54, 1.807) is 30.3 Å². The minimum absolute atomic E-state index is 0.0509. The second-order valence-electron chi connectivity index (χ2n) is 9.60. The number of nitriles is 1. The predicted molar refractivity (Wildman–Crippen MR) is 116 cm³/mol. The molecule has 3 amide bonds. The van der Waals surface area contributed by atoms with Crippen LogP contribution >= 0.6 is 0 Å². The van der Waals surface area contributed by atoms with Crippen LogP contribution in [0.25, 0.3) is 0 Å². The minimum Gasteiger partial charge on any atom is -0.376 e. The molecular weight excluding hydrogens is 446 g/mol. The van der Waals surface area contributed by atoms with Crippen molar-refractivity contribution in [3.63, 3.8) is 0 Å². The van der Waals surface area contributed by atoms with Crippen molar-refractivity contribution in [3.8, 4) is 6.07 Å². The Bertz CT molecular complexity index is 1010. The molecule has 8 nitrogen and oxygen atoms in total. The van der Waals surface area contributed by atoms with Crippen molar-refractivity contribution in [2.45, 2.75) is 68.7 Å². The van der Waals surface area contributed by atoms with Crippen molar-refractivity contribution < 1.29 is 28.3 Å². The first-order valence-electron chi connectivity index (χ1n) is 11.5. The summed E-state index contributed by atoms with van der Waals surface area (Å²) >= 11 is 0. The van der Waals surface area contributed by atoms with Crippen LogP contribution in [0.1, 0.15) is 44.6 Å². The average Bonchev–Trinajstić information content (AvgIpc) is 3.21. The van der Waals surface area contributed by atoms with Gasteiger partial charge in [-0.3, -0.25) is 14.4 Å². The maximum absolute atomic E-state index is 14.9. The lowest BCUT2D eigenvalue weighted by molar-refractivity contribution is -0.203. The average molecular weight is 475 g/mol.